The van der Waals surface area contributed by atoms with E-state index in [-0.39, 0.29) is 0 Å². The first kappa shape index (κ1) is 21.7. The molecule has 0 saturated carbocycles. The van der Waals surface area contributed by atoms with Gasteiger partial charge in [-0.25, -0.2) is 9.97 Å². The molecule has 0 spiro atoms. The van der Waals surface area contributed by atoms with Crippen molar-refractivity contribution in [2.24, 2.45) is 0 Å². The quantitative estimate of drug-likeness (QED) is 0.296. The third-order valence-corrected chi connectivity index (χ3v) is 5.67. The van der Waals surface area contributed by atoms with Crippen molar-refractivity contribution >= 4 is 34.0 Å². The Labute approximate surface area is 202 Å². The Morgan fingerprint density at radius 1 is 0.794 bits per heavy atom. The lowest BCUT2D eigenvalue weighted by Crippen LogP contribution is -2.01. The summed E-state index contributed by atoms with van der Waals surface area (Å²) >= 11 is 6.27. The van der Waals surface area contributed by atoms with E-state index in [0.29, 0.717) is 28.1 Å². The fourth-order valence-corrected chi connectivity index (χ4v) is 3.91. The zero-order valence-electron chi connectivity index (χ0n) is 18.6. The molecule has 0 amide bonds. The van der Waals surface area contributed by atoms with Crippen molar-refractivity contribution in [2.45, 2.75) is 0 Å². The molecule has 0 saturated heterocycles. The van der Waals surface area contributed by atoms with Gasteiger partial charge in [0.1, 0.15) is 17.3 Å². The van der Waals surface area contributed by atoms with Crippen molar-refractivity contribution in [1.29, 1.82) is 0 Å². The molecule has 6 nitrogen and oxygen atoms in total. The molecule has 1 N–H and O–H groups in total. The highest BCUT2D eigenvalue weighted by Crippen LogP contribution is 2.35. The summed E-state index contributed by atoms with van der Waals surface area (Å²) in [7, 11) is 3.28. The number of ether oxygens (including phenoxy) is 2. The summed E-state index contributed by atoms with van der Waals surface area (Å²) in [5.41, 5.74) is 4.37. The van der Waals surface area contributed by atoms with E-state index in [9.17, 15) is 0 Å². The van der Waals surface area contributed by atoms with Gasteiger partial charge in [0.15, 0.2) is 5.82 Å². The van der Waals surface area contributed by atoms with Gasteiger partial charge in [0.05, 0.1) is 25.4 Å². The van der Waals surface area contributed by atoms with Crippen LogP contribution in [0.2, 0.25) is 5.02 Å². The van der Waals surface area contributed by atoms with Crippen molar-refractivity contribution in [3.8, 4) is 34.0 Å². The first-order valence-electron chi connectivity index (χ1n) is 10.6. The standard InChI is InChI=1S/C27H21ClN4O2/c1-33-21-7-3-5-17(13-21)18-8-10-23-22(14-18)27(31-24-15-20(28)9-11-25(24)34-2)32-26(30-23)19-6-4-12-29-16-19/h3-16H,1-2H3,(H,30,31,32). The van der Waals surface area contributed by atoms with Gasteiger partial charge >= 0.3 is 0 Å². The van der Waals surface area contributed by atoms with Gasteiger partial charge < -0.3 is 14.8 Å². The average Bonchev–Trinajstić information content (AvgIpc) is 2.89. The highest BCUT2D eigenvalue weighted by atomic mass is 35.5. The van der Waals surface area contributed by atoms with Crippen LogP contribution in [0.25, 0.3) is 33.4 Å². The summed E-state index contributed by atoms with van der Waals surface area (Å²) in [4.78, 5) is 13.9. The molecule has 3 aromatic carbocycles. The number of rotatable bonds is 6. The van der Waals surface area contributed by atoms with E-state index in [1.807, 2.05) is 60.7 Å². The molecule has 2 aromatic heterocycles. The first-order valence-corrected chi connectivity index (χ1v) is 11.0. The van der Waals surface area contributed by atoms with Gasteiger partial charge in [-0.1, -0.05) is 29.8 Å². The van der Waals surface area contributed by atoms with Crippen molar-refractivity contribution in [2.75, 3.05) is 19.5 Å². The molecule has 0 unspecified atom stereocenters. The lowest BCUT2D eigenvalue weighted by atomic mass is 10.0. The molecule has 5 rings (SSSR count). The van der Waals surface area contributed by atoms with Crippen LogP contribution < -0.4 is 14.8 Å². The minimum absolute atomic E-state index is 0.568. The fraction of sp³-hybridized carbons (Fsp3) is 0.0741. The van der Waals surface area contributed by atoms with E-state index >= 15 is 0 Å². The molecular weight excluding hydrogens is 448 g/mol. The minimum atomic E-state index is 0.568. The number of fused-ring (bicyclic) bond motifs is 1. The highest BCUT2D eigenvalue weighted by Gasteiger charge is 2.14. The number of benzene rings is 3. The van der Waals surface area contributed by atoms with E-state index < -0.39 is 0 Å². The van der Waals surface area contributed by atoms with Crippen LogP contribution in [-0.4, -0.2) is 29.2 Å². The Bertz CT molecular complexity index is 1470. The molecule has 0 radical (unpaired) electrons. The van der Waals surface area contributed by atoms with Crippen molar-refractivity contribution < 1.29 is 9.47 Å². The monoisotopic (exact) mass is 468 g/mol. The second-order valence-electron chi connectivity index (χ2n) is 7.57. The molecule has 5 aromatic rings. The molecule has 2 heterocycles. The second kappa shape index (κ2) is 9.37. The molecule has 0 atom stereocenters. The van der Waals surface area contributed by atoms with E-state index in [1.165, 1.54) is 0 Å². The molecule has 168 valence electrons. The first-order chi connectivity index (χ1) is 16.6. The van der Waals surface area contributed by atoms with Gasteiger partial charge in [0.25, 0.3) is 0 Å². The molecule has 0 aliphatic heterocycles. The number of nitrogens with zero attached hydrogens (tertiary/aromatic N) is 3. The van der Waals surface area contributed by atoms with Gasteiger partial charge in [0, 0.05) is 28.4 Å². The molecular formula is C27H21ClN4O2. The van der Waals surface area contributed by atoms with Crippen LogP contribution in [0, 0.1) is 0 Å². The average molecular weight is 469 g/mol. The predicted molar refractivity (Wildman–Crippen MR) is 136 cm³/mol. The van der Waals surface area contributed by atoms with Crippen molar-refractivity contribution in [3.63, 3.8) is 0 Å². The van der Waals surface area contributed by atoms with Crippen LogP contribution in [0.15, 0.2) is 85.2 Å². The number of anilines is 2. The zero-order chi connectivity index (χ0) is 23.5. The van der Waals surface area contributed by atoms with Crippen LogP contribution in [-0.2, 0) is 0 Å². The van der Waals surface area contributed by atoms with Gasteiger partial charge in [-0.15, -0.1) is 0 Å². The maximum absolute atomic E-state index is 6.27. The summed E-state index contributed by atoms with van der Waals surface area (Å²) in [6, 6.07) is 23.2. The van der Waals surface area contributed by atoms with Crippen molar-refractivity contribution in [1.82, 2.24) is 15.0 Å². The predicted octanol–water partition coefficient (Wildman–Crippen LogP) is 6.77. The Kier molecular flexibility index (Phi) is 5.97. The third-order valence-electron chi connectivity index (χ3n) is 5.43. The molecule has 0 aliphatic rings. The number of pyridine rings is 1. The number of nitrogens with one attached hydrogen (secondary N) is 1. The van der Waals surface area contributed by atoms with Crippen LogP contribution in [0.4, 0.5) is 11.5 Å². The summed E-state index contributed by atoms with van der Waals surface area (Å²) < 4.78 is 10.9. The van der Waals surface area contributed by atoms with Crippen LogP contribution in [0.3, 0.4) is 0 Å². The van der Waals surface area contributed by atoms with Crippen LogP contribution >= 0.6 is 11.6 Å². The normalized spacial score (nSPS) is 10.8. The molecule has 7 heteroatoms. The molecule has 34 heavy (non-hydrogen) atoms. The van der Waals surface area contributed by atoms with Gasteiger partial charge in [-0.05, 0) is 65.7 Å². The highest BCUT2D eigenvalue weighted by molar-refractivity contribution is 6.31. The van der Waals surface area contributed by atoms with E-state index in [2.05, 4.69) is 16.4 Å². The Hall–Kier alpha value is -4.16. The fourth-order valence-electron chi connectivity index (χ4n) is 3.74. The summed E-state index contributed by atoms with van der Waals surface area (Å²) in [5, 5.41) is 4.86. The molecule has 0 aliphatic carbocycles. The lowest BCUT2D eigenvalue weighted by Gasteiger charge is -2.15. The van der Waals surface area contributed by atoms with Gasteiger partial charge in [0.2, 0.25) is 0 Å². The Morgan fingerprint density at radius 2 is 1.65 bits per heavy atom. The number of hydrogen-bond donors (Lipinski definition) is 1. The maximum atomic E-state index is 6.27. The van der Waals surface area contributed by atoms with Gasteiger partial charge in [-0.3, -0.25) is 4.98 Å². The van der Waals surface area contributed by atoms with Gasteiger partial charge in [-0.2, -0.15) is 0 Å². The van der Waals surface area contributed by atoms with Crippen LogP contribution in [0.5, 0.6) is 11.5 Å². The van der Waals surface area contributed by atoms with Crippen molar-refractivity contribution in [3.05, 3.63) is 90.2 Å². The smallest absolute Gasteiger partial charge is 0.163 e. The van der Waals surface area contributed by atoms with E-state index in [0.717, 1.165) is 33.3 Å². The third kappa shape index (κ3) is 4.36. The second-order valence-corrected chi connectivity index (χ2v) is 8.01. The minimum Gasteiger partial charge on any atom is -0.497 e. The SMILES string of the molecule is COc1cccc(-c2ccc3nc(-c4cccnc4)nc(Nc4cc(Cl)ccc4OC)c3c2)c1. The summed E-state index contributed by atoms with van der Waals surface area (Å²) in [5.74, 6) is 2.65. The van der Waals surface area contributed by atoms with Crippen LogP contribution in [0.1, 0.15) is 0 Å². The molecule has 0 fully saturated rings. The Morgan fingerprint density at radius 3 is 2.44 bits per heavy atom. The van der Waals surface area contributed by atoms with E-state index in [4.69, 9.17) is 31.0 Å². The number of hydrogen-bond acceptors (Lipinski definition) is 6. The number of halogens is 1. The maximum Gasteiger partial charge on any atom is 0.163 e. The lowest BCUT2D eigenvalue weighted by molar-refractivity contribution is 0.415. The molecule has 0 bridgehead atoms. The summed E-state index contributed by atoms with van der Waals surface area (Å²) in [6.45, 7) is 0. The Balaban J connectivity index is 1.69. The van der Waals surface area contributed by atoms with E-state index in [1.54, 1.807) is 32.7 Å². The number of aromatic nitrogens is 3. The topological polar surface area (TPSA) is 69.2 Å². The number of methoxy groups -OCH3 is 2. The largest absolute Gasteiger partial charge is 0.497 e. The summed E-state index contributed by atoms with van der Waals surface area (Å²) in [6.07, 6.45) is 3.47. The zero-order valence-corrected chi connectivity index (χ0v) is 19.4.